The van der Waals surface area contributed by atoms with Gasteiger partial charge >= 0.3 is 0 Å². The van der Waals surface area contributed by atoms with Crippen LogP contribution in [0.5, 0.6) is 0 Å². The van der Waals surface area contributed by atoms with E-state index in [1.165, 1.54) is 0 Å². The van der Waals surface area contributed by atoms with Gasteiger partial charge in [-0.15, -0.1) is 0 Å². The molecule has 2 aromatic carbocycles. The third kappa shape index (κ3) is 2.88. The zero-order valence-corrected chi connectivity index (χ0v) is 14.9. The highest BCUT2D eigenvalue weighted by atomic mass is 127. The van der Waals surface area contributed by atoms with E-state index in [-0.39, 0.29) is 11.6 Å². The molecule has 0 radical (unpaired) electrons. The van der Waals surface area contributed by atoms with Crippen LogP contribution in [0.15, 0.2) is 59.9 Å². The van der Waals surface area contributed by atoms with Crippen molar-refractivity contribution in [3.05, 3.63) is 74.6 Å². The first-order chi connectivity index (χ1) is 11.0. The molecule has 1 aliphatic rings. The van der Waals surface area contributed by atoms with Crippen molar-refractivity contribution < 1.29 is 9.59 Å². The maximum atomic E-state index is 12.8. The minimum atomic E-state index is -0.164. The summed E-state index contributed by atoms with van der Waals surface area (Å²) in [6, 6.07) is 14.6. The first kappa shape index (κ1) is 15.7. The average molecular weight is 418 g/mol. The SMILES string of the molecule is CN(C)C1=C(Nc2ccc(I)cc2)C(=O)c2ccccc2C1=O. The number of ketones is 2. The van der Waals surface area contributed by atoms with E-state index in [4.69, 9.17) is 0 Å². The molecule has 0 heterocycles. The van der Waals surface area contributed by atoms with Crippen LogP contribution >= 0.6 is 22.6 Å². The largest absolute Gasteiger partial charge is 0.373 e. The number of nitrogens with one attached hydrogen (secondary N) is 1. The molecular weight excluding hydrogens is 403 g/mol. The lowest BCUT2D eigenvalue weighted by atomic mass is 9.90. The minimum Gasteiger partial charge on any atom is -0.373 e. The first-order valence-corrected chi connectivity index (χ1v) is 8.19. The summed E-state index contributed by atoms with van der Waals surface area (Å²) in [6.07, 6.45) is 0. The fraction of sp³-hybridized carbons (Fsp3) is 0.111. The highest BCUT2D eigenvalue weighted by molar-refractivity contribution is 14.1. The Morgan fingerprint density at radius 2 is 1.43 bits per heavy atom. The number of benzene rings is 2. The van der Waals surface area contributed by atoms with Gasteiger partial charge in [-0.1, -0.05) is 24.3 Å². The van der Waals surface area contributed by atoms with Crippen molar-refractivity contribution in [1.82, 2.24) is 4.90 Å². The number of rotatable bonds is 3. The van der Waals surface area contributed by atoms with Crippen LogP contribution in [0.25, 0.3) is 0 Å². The maximum Gasteiger partial charge on any atom is 0.212 e. The second kappa shape index (κ2) is 6.16. The molecular formula is C18H15IN2O2. The highest BCUT2D eigenvalue weighted by Gasteiger charge is 2.33. The molecule has 3 rings (SSSR count). The van der Waals surface area contributed by atoms with Crippen molar-refractivity contribution in [3.8, 4) is 0 Å². The Morgan fingerprint density at radius 3 is 2.00 bits per heavy atom. The molecule has 0 saturated heterocycles. The van der Waals surface area contributed by atoms with E-state index in [0.29, 0.717) is 22.5 Å². The lowest BCUT2D eigenvalue weighted by molar-refractivity contribution is 0.0953. The number of halogens is 1. The molecule has 0 bridgehead atoms. The van der Waals surface area contributed by atoms with E-state index in [9.17, 15) is 9.59 Å². The second-order valence-corrected chi connectivity index (χ2v) is 6.70. The van der Waals surface area contributed by atoms with Gasteiger partial charge in [0.15, 0.2) is 0 Å². The van der Waals surface area contributed by atoms with Crippen LogP contribution in [-0.4, -0.2) is 30.6 Å². The highest BCUT2D eigenvalue weighted by Crippen LogP contribution is 2.28. The number of nitrogens with zero attached hydrogens (tertiary/aromatic N) is 1. The van der Waals surface area contributed by atoms with Crippen molar-refractivity contribution in [2.45, 2.75) is 0 Å². The second-order valence-electron chi connectivity index (χ2n) is 5.45. The van der Waals surface area contributed by atoms with Gasteiger partial charge in [0.05, 0.1) is 0 Å². The summed E-state index contributed by atoms with van der Waals surface area (Å²) in [5.74, 6) is -0.305. The fourth-order valence-corrected chi connectivity index (χ4v) is 2.94. The quantitative estimate of drug-likeness (QED) is 0.775. The Kier molecular flexibility index (Phi) is 4.21. The predicted octanol–water partition coefficient (Wildman–Crippen LogP) is 3.56. The van der Waals surface area contributed by atoms with Crippen LogP contribution in [0.4, 0.5) is 5.69 Å². The van der Waals surface area contributed by atoms with Gasteiger partial charge in [0.25, 0.3) is 0 Å². The molecule has 1 N–H and O–H groups in total. The van der Waals surface area contributed by atoms with Crippen LogP contribution in [-0.2, 0) is 0 Å². The Balaban J connectivity index is 2.10. The molecule has 23 heavy (non-hydrogen) atoms. The minimum absolute atomic E-state index is 0.141. The van der Waals surface area contributed by atoms with Crippen LogP contribution < -0.4 is 5.32 Å². The van der Waals surface area contributed by atoms with E-state index in [2.05, 4.69) is 27.9 Å². The monoisotopic (exact) mass is 418 g/mol. The summed E-state index contributed by atoms with van der Waals surface area (Å²) in [5.41, 5.74) is 2.37. The molecule has 0 aromatic heterocycles. The van der Waals surface area contributed by atoms with Gasteiger partial charge in [-0.2, -0.15) is 0 Å². The molecule has 0 aliphatic heterocycles. The first-order valence-electron chi connectivity index (χ1n) is 7.11. The molecule has 0 saturated carbocycles. The number of anilines is 1. The Bertz CT molecular complexity index is 823. The molecule has 0 spiro atoms. The van der Waals surface area contributed by atoms with E-state index in [1.54, 1.807) is 43.3 Å². The number of hydrogen-bond acceptors (Lipinski definition) is 4. The van der Waals surface area contributed by atoms with E-state index in [1.807, 2.05) is 24.3 Å². The van der Waals surface area contributed by atoms with Crippen molar-refractivity contribution in [2.24, 2.45) is 0 Å². The van der Waals surface area contributed by atoms with Gasteiger partial charge in [0.2, 0.25) is 11.6 Å². The Labute approximate surface area is 148 Å². The van der Waals surface area contributed by atoms with Gasteiger partial charge in [-0.25, -0.2) is 0 Å². The number of fused-ring (bicyclic) bond motifs is 1. The lowest BCUT2D eigenvalue weighted by Crippen LogP contribution is -2.32. The maximum absolute atomic E-state index is 12.8. The predicted molar refractivity (Wildman–Crippen MR) is 98.6 cm³/mol. The molecule has 116 valence electrons. The molecule has 4 nitrogen and oxygen atoms in total. The standard InChI is InChI=1S/C18H15IN2O2/c1-21(2)16-15(20-12-9-7-11(19)8-10-12)17(22)13-5-3-4-6-14(13)18(16)23/h3-10,20H,1-2H3. The van der Waals surface area contributed by atoms with Crippen LogP contribution in [0, 0.1) is 3.57 Å². The van der Waals surface area contributed by atoms with Crippen molar-refractivity contribution in [3.63, 3.8) is 0 Å². The number of carbonyl (C=O) groups is 2. The van der Waals surface area contributed by atoms with Crippen molar-refractivity contribution >= 4 is 39.8 Å². The summed E-state index contributed by atoms with van der Waals surface area (Å²) >= 11 is 2.22. The molecule has 2 aromatic rings. The summed E-state index contributed by atoms with van der Waals surface area (Å²) in [4.78, 5) is 27.3. The zero-order valence-electron chi connectivity index (χ0n) is 12.8. The smallest absolute Gasteiger partial charge is 0.212 e. The fourth-order valence-electron chi connectivity index (χ4n) is 2.58. The van der Waals surface area contributed by atoms with Gasteiger partial charge < -0.3 is 10.2 Å². The summed E-state index contributed by atoms with van der Waals surface area (Å²) in [5, 5.41) is 3.12. The van der Waals surface area contributed by atoms with Gasteiger partial charge in [-0.3, -0.25) is 9.59 Å². The number of likely N-dealkylation sites (N-methyl/N-ethyl adjacent to an activating group) is 1. The van der Waals surface area contributed by atoms with E-state index >= 15 is 0 Å². The van der Waals surface area contributed by atoms with Gasteiger partial charge in [0.1, 0.15) is 11.4 Å². The van der Waals surface area contributed by atoms with Crippen molar-refractivity contribution in [2.75, 3.05) is 19.4 Å². The summed E-state index contributed by atoms with van der Waals surface area (Å²) in [7, 11) is 3.54. The molecule has 0 amide bonds. The van der Waals surface area contributed by atoms with Gasteiger partial charge in [0, 0.05) is 34.5 Å². The molecule has 1 aliphatic carbocycles. The van der Waals surface area contributed by atoms with E-state index < -0.39 is 0 Å². The lowest BCUT2D eigenvalue weighted by Gasteiger charge is -2.26. The molecule has 0 unspecified atom stereocenters. The zero-order chi connectivity index (χ0) is 16.6. The topological polar surface area (TPSA) is 49.4 Å². The van der Waals surface area contributed by atoms with Crippen LogP contribution in [0.2, 0.25) is 0 Å². The normalized spacial score (nSPS) is 13.9. The average Bonchev–Trinajstić information content (AvgIpc) is 2.54. The Hall–Kier alpha value is -2.15. The third-order valence-electron chi connectivity index (χ3n) is 3.66. The van der Waals surface area contributed by atoms with Crippen LogP contribution in [0.1, 0.15) is 20.7 Å². The molecule has 0 fully saturated rings. The van der Waals surface area contributed by atoms with Crippen LogP contribution in [0.3, 0.4) is 0 Å². The molecule has 0 atom stereocenters. The Morgan fingerprint density at radius 1 is 0.870 bits per heavy atom. The number of carbonyl (C=O) groups excluding carboxylic acids is 2. The number of allylic oxidation sites excluding steroid dienone is 2. The third-order valence-corrected chi connectivity index (χ3v) is 4.38. The number of Topliss-reactive ketones (excluding diaryl/α,β-unsaturated/α-hetero) is 2. The van der Waals surface area contributed by atoms with Crippen molar-refractivity contribution in [1.29, 1.82) is 0 Å². The molecule has 5 heteroatoms. The number of hydrogen-bond donors (Lipinski definition) is 1. The van der Waals surface area contributed by atoms with E-state index in [0.717, 1.165) is 9.26 Å². The van der Waals surface area contributed by atoms with Gasteiger partial charge in [-0.05, 0) is 46.9 Å². The summed E-state index contributed by atoms with van der Waals surface area (Å²) < 4.78 is 1.10. The summed E-state index contributed by atoms with van der Waals surface area (Å²) in [6.45, 7) is 0.